The van der Waals surface area contributed by atoms with Crippen LogP contribution in [-0.2, 0) is 10.2 Å². The van der Waals surface area contributed by atoms with E-state index in [1.54, 1.807) is 11.3 Å². The Morgan fingerprint density at radius 1 is 1.55 bits per heavy atom. The highest BCUT2D eigenvalue weighted by Crippen LogP contribution is 2.32. The third-order valence-corrected chi connectivity index (χ3v) is 5.57. The van der Waals surface area contributed by atoms with Gasteiger partial charge in [0, 0.05) is 23.4 Å². The summed E-state index contributed by atoms with van der Waals surface area (Å²) in [6.45, 7) is 9.03. The Bertz CT molecular complexity index is 433. The predicted molar refractivity (Wildman–Crippen MR) is 85.2 cm³/mol. The summed E-state index contributed by atoms with van der Waals surface area (Å²) in [6, 6.07) is 4.22. The number of nitrogens with one attached hydrogen (secondary N) is 2. The first-order chi connectivity index (χ1) is 9.50. The summed E-state index contributed by atoms with van der Waals surface area (Å²) < 4.78 is 0. The molecule has 0 aromatic carbocycles. The highest BCUT2D eigenvalue weighted by Gasteiger charge is 2.40. The Hall–Kier alpha value is -0.870. The quantitative estimate of drug-likeness (QED) is 0.847. The molecule has 1 aromatic heterocycles. The van der Waals surface area contributed by atoms with Gasteiger partial charge in [-0.25, -0.2) is 0 Å². The number of thiophene rings is 1. The fourth-order valence-corrected chi connectivity index (χ4v) is 3.83. The second-order valence-electron chi connectivity index (χ2n) is 6.50. The van der Waals surface area contributed by atoms with Crippen LogP contribution in [0.3, 0.4) is 0 Å². The molecule has 4 heteroatoms. The molecular weight excluding hydrogens is 268 g/mol. The number of rotatable bonds is 6. The molecule has 0 radical (unpaired) electrons. The maximum Gasteiger partial charge on any atom is 0.227 e. The van der Waals surface area contributed by atoms with Crippen molar-refractivity contribution >= 4 is 17.2 Å². The summed E-state index contributed by atoms with van der Waals surface area (Å²) in [5, 5.41) is 8.65. The second kappa shape index (κ2) is 6.27. The fraction of sp³-hybridized carbons (Fsp3) is 0.688. The molecule has 1 aromatic rings. The lowest BCUT2D eigenvalue weighted by Crippen LogP contribution is -2.46. The first-order valence-corrected chi connectivity index (χ1v) is 8.41. The lowest BCUT2D eigenvalue weighted by molar-refractivity contribution is -0.130. The highest BCUT2D eigenvalue weighted by molar-refractivity contribution is 7.10. The van der Waals surface area contributed by atoms with Gasteiger partial charge in [0.25, 0.3) is 0 Å². The molecule has 2 heterocycles. The molecule has 1 fully saturated rings. The summed E-state index contributed by atoms with van der Waals surface area (Å²) in [4.78, 5) is 14.0. The van der Waals surface area contributed by atoms with Crippen molar-refractivity contribution in [3.63, 3.8) is 0 Å². The van der Waals surface area contributed by atoms with Gasteiger partial charge in [-0.1, -0.05) is 33.3 Å². The van der Waals surface area contributed by atoms with Gasteiger partial charge in [-0.15, -0.1) is 11.3 Å². The van der Waals surface area contributed by atoms with E-state index < -0.39 is 0 Å². The summed E-state index contributed by atoms with van der Waals surface area (Å²) >= 11 is 1.76. The van der Waals surface area contributed by atoms with Crippen LogP contribution < -0.4 is 10.6 Å². The average molecular weight is 294 g/mol. The molecule has 0 spiro atoms. The number of carbonyl (C=O) groups is 1. The van der Waals surface area contributed by atoms with Crippen LogP contribution in [0, 0.1) is 5.41 Å². The maximum absolute atomic E-state index is 12.6. The van der Waals surface area contributed by atoms with E-state index in [0.717, 1.165) is 32.4 Å². The Balaban J connectivity index is 1.97. The molecule has 1 amide bonds. The molecule has 1 aliphatic heterocycles. The molecule has 1 atom stereocenters. The van der Waals surface area contributed by atoms with Gasteiger partial charge in [-0.3, -0.25) is 4.79 Å². The van der Waals surface area contributed by atoms with Crippen LogP contribution in [0.4, 0.5) is 0 Å². The van der Waals surface area contributed by atoms with Crippen molar-refractivity contribution in [2.75, 3.05) is 19.6 Å². The van der Waals surface area contributed by atoms with Gasteiger partial charge in [0.15, 0.2) is 0 Å². The molecule has 1 aliphatic rings. The summed E-state index contributed by atoms with van der Waals surface area (Å²) in [5.74, 6) is 0.231. The third-order valence-electron chi connectivity index (χ3n) is 4.33. The molecule has 0 aliphatic carbocycles. The van der Waals surface area contributed by atoms with Crippen molar-refractivity contribution < 1.29 is 4.79 Å². The van der Waals surface area contributed by atoms with Crippen molar-refractivity contribution in [3.8, 4) is 0 Å². The summed E-state index contributed by atoms with van der Waals surface area (Å²) in [5.41, 5.74) is -0.177. The zero-order valence-corrected chi connectivity index (χ0v) is 13.6. The maximum atomic E-state index is 12.6. The Labute approximate surface area is 126 Å². The molecule has 2 rings (SSSR count). The number of hydrogen-bond donors (Lipinski definition) is 2. The monoisotopic (exact) mass is 294 g/mol. The van der Waals surface area contributed by atoms with Crippen LogP contribution >= 0.6 is 11.3 Å². The smallest absolute Gasteiger partial charge is 0.227 e. The van der Waals surface area contributed by atoms with Crippen molar-refractivity contribution in [2.24, 2.45) is 5.41 Å². The van der Waals surface area contributed by atoms with Crippen LogP contribution in [0.5, 0.6) is 0 Å². The zero-order valence-electron chi connectivity index (χ0n) is 12.8. The van der Waals surface area contributed by atoms with Crippen molar-refractivity contribution in [3.05, 3.63) is 22.4 Å². The SMILES string of the molecule is CCCC1(C(=O)NCC(C)(C)c2cccs2)CCNC1. The average Bonchev–Trinajstić information content (AvgIpc) is 3.08. The Morgan fingerprint density at radius 2 is 2.35 bits per heavy atom. The van der Waals surface area contributed by atoms with E-state index in [-0.39, 0.29) is 16.7 Å². The largest absolute Gasteiger partial charge is 0.355 e. The van der Waals surface area contributed by atoms with Gasteiger partial charge in [0.05, 0.1) is 5.41 Å². The molecular formula is C16H26N2OS. The Morgan fingerprint density at radius 3 is 2.90 bits per heavy atom. The molecule has 20 heavy (non-hydrogen) atoms. The minimum absolute atomic E-state index is 0.00324. The van der Waals surface area contributed by atoms with E-state index >= 15 is 0 Å². The molecule has 0 bridgehead atoms. The van der Waals surface area contributed by atoms with E-state index in [2.05, 4.69) is 48.9 Å². The summed E-state index contributed by atoms with van der Waals surface area (Å²) in [6.07, 6.45) is 3.00. The normalized spacial score (nSPS) is 22.9. The Kier molecular flexibility index (Phi) is 4.86. The molecule has 112 valence electrons. The van der Waals surface area contributed by atoms with Gasteiger partial charge in [0.1, 0.15) is 0 Å². The fourth-order valence-electron chi connectivity index (χ4n) is 2.98. The first-order valence-electron chi connectivity index (χ1n) is 7.53. The van der Waals surface area contributed by atoms with Gasteiger partial charge in [-0.05, 0) is 30.8 Å². The van der Waals surface area contributed by atoms with Gasteiger partial charge < -0.3 is 10.6 Å². The van der Waals surface area contributed by atoms with E-state index in [4.69, 9.17) is 0 Å². The third kappa shape index (κ3) is 3.23. The van der Waals surface area contributed by atoms with E-state index in [1.165, 1.54) is 4.88 Å². The lowest BCUT2D eigenvalue weighted by Gasteiger charge is -2.30. The summed E-state index contributed by atoms with van der Waals surface area (Å²) in [7, 11) is 0. The standard InChI is InChI=1S/C16H26N2OS/c1-4-7-16(8-9-17-12-16)14(19)18-11-15(2,3)13-6-5-10-20-13/h5-6,10,17H,4,7-9,11-12H2,1-3H3,(H,18,19). The van der Waals surface area contributed by atoms with Crippen molar-refractivity contribution in [1.29, 1.82) is 0 Å². The minimum Gasteiger partial charge on any atom is -0.355 e. The van der Waals surface area contributed by atoms with Gasteiger partial charge in [0.2, 0.25) is 5.91 Å². The molecule has 1 unspecified atom stereocenters. The zero-order chi connectivity index (χ0) is 14.6. The highest BCUT2D eigenvalue weighted by atomic mass is 32.1. The van der Waals surface area contributed by atoms with Crippen LogP contribution in [0.1, 0.15) is 44.9 Å². The van der Waals surface area contributed by atoms with Gasteiger partial charge in [-0.2, -0.15) is 0 Å². The minimum atomic E-state index is -0.180. The molecule has 0 saturated carbocycles. The molecule has 1 saturated heterocycles. The lowest BCUT2D eigenvalue weighted by atomic mass is 9.81. The molecule has 3 nitrogen and oxygen atoms in total. The van der Waals surface area contributed by atoms with Crippen LogP contribution in [0.25, 0.3) is 0 Å². The first kappa shape index (κ1) is 15.5. The number of carbonyl (C=O) groups excluding carboxylic acids is 1. The van der Waals surface area contributed by atoms with Gasteiger partial charge >= 0.3 is 0 Å². The van der Waals surface area contributed by atoms with Crippen molar-refractivity contribution in [2.45, 2.75) is 45.4 Å². The number of hydrogen-bond acceptors (Lipinski definition) is 3. The number of amides is 1. The van der Waals surface area contributed by atoms with Crippen molar-refractivity contribution in [1.82, 2.24) is 10.6 Å². The topological polar surface area (TPSA) is 41.1 Å². The molecule has 2 N–H and O–H groups in total. The van der Waals surface area contributed by atoms with Crippen LogP contribution in [0.2, 0.25) is 0 Å². The van der Waals surface area contributed by atoms with E-state index in [0.29, 0.717) is 6.54 Å². The van der Waals surface area contributed by atoms with Crippen LogP contribution in [0.15, 0.2) is 17.5 Å². The van der Waals surface area contributed by atoms with Crippen LogP contribution in [-0.4, -0.2) is 25.5 Å². The van der Waals surface area contributed by atoms with E-state index in [9.17, 15) is 4.79 Å². The predicted octanol–water partition coefficient (Wildman–Crippen LogP) is 2.92. The second-order valence-corrected chi connectivity index (χ2v) is 7.45. The van der Waals surface area contributed by atoms with E-state index in [1.807, 2.05) is 0 Å².